The summed E-state index contributed by atoms with van der Waals surface area (Å²) < 4.78 is 20.6. The van der Waals surface area contributed by atoms with E-state index in [0.717, 1.165) is 5.56 Å². The molecule has 0 spiro atoms. The molecular weight excluding hydrogens is 271 g/mol. The summed E-state index contributed by atoms with van der Waals surface area (Å²) in [5.41, 5.74) is 6.43. The van der Waals surface area contributed by atoms with E-state index in [2.05, 4.69) is 0 Å². The second-order valence-corrected chi connectivity index (χ2v) is 5.06. The molecule has 0 aliphatic heterocycles. The zero-order valence-electron chi connectivity index (χ0n) is 12.0. The number of ether oxygens (including phenoxy) is 1. The first-order valence-electron chi connectivity index (χ1n) is 6.88. The Morgan fingerprint density at radius 1 is 1.33 bits per heavy atom. The lowest BCUT2D eigenvalue weighted by Crippen LogP contribution is -2.21. The standard InChI is InChI=1S/C16H19FN2O2/c1-12(18)8-13-9-14(17)11-15(10-13)21-7-6-19-5-3-2-4-16(19)20/h2-5,9-12H,6-8,18H2,1H3. The van der Waals surface area contributed by atoms with Gasteiger partial charge in [-0.3, -0.25) is 4.79 Å². The molecule has 0 saturated heterocycles. The van der Waals surface area contributed by atoms with Crippen LogP contribution in [0.2, 0.25) is 0 Å². The summed E-state index contributed by atoms with van der Waals surface area (Å²) >= 11 is 0. The highest BCUT2D eigenvalue weighted by molar-refractivity contribution is 5.30. The van der Waals surface area contributed by atoms with Gasteiger partial charge in [0, 0.05) is 24.4 Å². The lowest BCUT2D eigenvalue weighted by molar-refractivity contribution is 0.294. The van der Waals surface area contributed by atoms with Gasteiger partial charge in [-0.1, -0.05) is 6.07 Å². The van der Waals surface area contributed by atoms with E-state index in [4.69, 9.17) is 10.5 Å². The van der Waals surface area contributed by atoms with Gasteiger partial charge >= 0.3 is 0 Å². The van der Waals surface area contributed by atoms with Gasteiger partial charge in [-0.2, -0.15) is 0 Å². The predicted molar refractivity (Wildman–Crippen MR) is 80.0 cm³/mol. The Kier molecular flexibility index (Phi) is 5.11. The molecule has 1 aromatic heterocycles. The minimum Gasteiger partial charge on any atom is -0.492 e. The Hall–Kier alpha value is -2.14. The molecule has 0 fully saturated rings. The molecule has 1 aromatic carbocycles. The van der Waals surface area contributed by atoms with Crippen molar-refractivity contribution in [2.45, 2.75) is 25.9 Å². The van der Waals surface area contributed by atoms with Crippen molar-refractivity contribution in [3.63, 3.8) is 0 Å². The molecule has 1 heterocycles. The van der Waals surface area contributed by atoms with E-state index in [-0.39, 0.29) is 17.4 Å². The summed E-state index contributed by atoms with van der Waals surface area (Å²) in [6.07, 6.45) is 2.28. The minimum atomic E-state index is -0.347. The number of rotatable bonds is 6. The summed E-state index contributed by atoms with van der Waals surface area (Å²) in [4.78, 5) is 11.5. The van der Waals surface area contributed by atoms with Crippen LogP contribution in [0.4, 0.5) is 4.39 Å². The van der Waals surface area contributed by atoms with Gasteiger partial charge in [-0.25, -0.2) is 4.39 Å². The molecule has 0 aliphatic rings. The maximum atomic E-state index is 13.5. The van der Waals surface area contributed by atoms with Gasteiger partial charge in [0.15, 0.2) is 0 Å². The zero-order chi connectivity index (χ0) is 15.2. The van der Waals surface area contributed by atoms with Gasteiger partial charge in [0.2, 0.25) is 0 Å². The third kappa shape index (κ3) is 4.72. The van der Waals surface area contributed by atoms with Crippen LogP contribution in [0.3, 0.4) is 0 Å². The molecule has 0 amide bonds. The lowest BCUT2D eigenvalue weighted by Gasteiger charge is -2.11. The zero-order valence-corrected chi connectivity index (χ0v) is 12.0. The second kappa shape index (κ2) is 7.04. The maximum absolute atomic E-state index is 13.5. The molecule has 2 N–H and O–H groups in total. The van der Waals surface area contributed by atoms with Crippen LogP contribution in [0.5, 0.6) is 5.75 Å². The molecule has 21 heavy (non-hydrogen) atoms. The van der Waals surface area contributed by atoms with E-state index in [1.807, 2.05) is 6.92 Å². The normalized spacial score (nSPS) is 12.1. The van der Waals surface area contributed by atoms with Crippen LogP contribution in [-0.4, -0.2) is 17.2 Å². The van der Waals surface area contributed by atoms with Crippen LogP contribution in [0, 0.1) is 5.82 Å². The summed E-state index contributed by atoms with van der Waals surface area (Å²) in [5.74, 6) is 0.106. The Labute approximate surface area is 123 Å². The molecule has 112 valence electrons. The number of hydrogen-bond acceptors (Lipinski definition) is 3. The fourth-order valence-electron chi connectivity index (χ4n) is 2.10. The van der Waals surface area contributed by atoms with Crippen molar-refractivity contribution in [2.75, 3.05) is 6.61 Å². The van der Waals surface area contributed by atoms with Crippen molar-refractivity contribution in [1.82, 2.24) is 4.57 Å². The van der Waals surface area contributed by atoms with Gasteiger partial charge in [-0.15, -0.1) is 0 Å². The van der Waals surface area contributed by atoms with Gasteiger partial charge < -0.3 is 15.0 Å². The van der Waals surface area contributed by atoms with E-state index >= 15 is 0 Å². The van der Waals surface area contributed by atoms with Gasteiger partial charge in [0.1, 0.15) is 18.2 Å². The first-order valence-corrected chi connectivity index (χ1v) is 6.88. The van der Waals surface area contributed by atoms with Crippen molar-refractivity contribution in [3.8, 4) is 5.75 Å². The van der Waals surface area contributed by atoms with Crippen molar-refractivity contribution >= 4 is 0 Å². The smallest absolute Gasteiger partial charge is 0.250 e. The number of aromatic nitrogens is 1. The topological polar surface area (TPSA) is 57.2 Å². The van der Waals surface area contributed by atoms with E-state index in [1.54, 1.807) is 29.0 Å². The number of benzene rings is 1. The van der Waals surface area contributed by atoms with Gasteiger partial charge in [0.05, 0.1) is 6.54 Å². The van der Waals surface area contributed by atoms with E-state index in [1.165, 1.54) is 18.2 Å². The molecule has 0 radical (unpaired) electrons. The minimum absolute atomic E-state index is 0.0393. The maximum Gasteiger partial charge on any atom is 0.250 e. The average molecular weight is 290 g/mol. The Morgan fingerprint density at radius 2 is 2.14 bits per heavy atom. The van der Waals surface area contributed by atoms with Crippen molar-refractivity contribution in [2.24, 2.45) is 5.73 Å². The quantitative estimate of drug-likeness (QED) is 0.884. The first kappa shape index (κ1) is 15.3. The monoisotopic (exact) mass is 290 g/mol. The summed E-state index contributed by atoms with van der Waals surface area (Å²) in [6.45, 7) is 2.58. The largest absolute Gasteiger partial charge is 0.492 e. The first-order chi connectivity index (χ1) is 10.0. The number of hydrogen-bond donors (Lipinski definition) is 1. The molecule has 0 bridgehead atoms. The van der Waals surface area contributed by atoms with Crippen LogP contribution in [-0.2, 0) is 13.0 Å². The SMILES string of the molecule is CC(N)Cc1cc(F)cc(OCCn2ccccc2=O)c1. The molecule has 2 rings (SSSR count). The number of halogens is 1. The van der Waals surface area contributed by atoms with E-state index < -0.39 is 0 Å². The molecule has 2 aromatic rings. The third-order valence-corrected chi connectivity index (χ3v) is 2.99. The molecule has 0 saturated carbocycles. The molecule has 0 aliphatic carbocycles. The highest BCUT2D eigenvalue weighted by Gasteiger charge is 2.04. The molecule has 4 nitrogen and oxygen atoms in total. The second-order valence-electron chi connectivity index (χ2n) is 5.06. The lowest BCUT2D eigenvalue weighted by atomic mass is 10.1. The third-order valence-electron chi connectivity index (χ3n) is 2.99. The number of nitrogens with two attached hydrogens (primary N) is 1. The molecule has 1 atom stereocenters. The molecular formula is C16H19FN2O2. The van der Waals surface area contributed by atoms with Crippen LogP contribution < -0.4 is 16.0 Å². The van der Waals surface area contributed by atoms with Crippen molar-refractivity contribution in [3.05, 3.63) is 64.3 Å². The van der Waals surface area contributed by atoms with Crippen LogP contribution in [0.1, 0.15) is 12.5 Å². The average Bonchev–Trinajstić information content (AvgIpc) is 2.39. The molecule has 5 heteroatoms. The Bertz CT molecular complexity index is 653. The Balaban J connectivity index is 1.98. The van der Waals surface area contributed by atoms with Gasteiger partial charge in [0.25, 0.3) is 5.56 Å². The highest BCUT2D eigenvalue weighted by Crippen LogP contribution is 2.17. The highest BCUT2D eigenvalue weighted by atomic mass is 19.1. The summed E-state index contributed by atoms with van der Waals surface area (Å²) in [6, 6.07) is 9.48. The molecule has 1 unspecified atom stereocenters. The van der Waals surface area contributed by atoms with E-state index in [0.29, 0.717) is 25.3 Å². The van der Waals surface area contributed by atoms with Crippen LogP contribution in [0.25, 0.3) is 0 Å². The Morgan fingerprint density at radius 3 is 2.86 bits per heavy atom. The fourth-order valence-corrected chi connectivity index (χ4v) is 2.10. The van der Waals surface area contributed by atoms with Crippen molar-refractivity contribution < 1.29 is 9.13 Å². The van der Waals surface area contributed by atoms with Crippen LogP contribution in [0.15, 0.2) is 47.4 Å². The fraction of sp³-hybridized carbons (Fsp3) is 0.312. The predicted octanol–water partition coefficient (Wildman–Crippen LogP) is 1.96. The number of pyridine rings is 1. The van der Waals surface area contributed by atoms with Crippen molar-refractivity contribution in [1.29, 1.82) is 0 Å². The summed E-state index contributed by atoms with van der Waals surface area (Å²) in [7, 11) is 0. The van der Waals surface area contributed by atoms with E-state index in [9.17, 15) is 9.18 Å². The summed E-state index contributed by atoms with van der Waals surface area (Å²) in [5, 5.41) is 0. The number of nitrogens with zero attached hydrogens (tertiary/aromatic N) is 1. The van der Waals surface area contributed by atoms with Gasteiger partial charge in [-0.05, 0) is 37.1 Å². The van der Waals surface area contributed by atoms with Crippen LogP contribution >= 0.6 is 0 Å².